The Labute approximate surface area is 148 Å². The molecule has 9 heteroatoms. The monoisotopic (exact) mass is 362 g/mol. The molecule has 25 heavy (non-hydrogen) atoms. The van der Waals surface area contributed by atoms with Crippen molar-refractivity contribution in [3.63, 3.8) is 0 Å². The number of carbonyl (C=O) groups excluding carboxylic acids is 2. The molecular weight excluding hydrogens is 344 g/mol. The summed E-state index contributed by atoms with van der Waals surface area (Å²) in [7, 11) is 0. The minimum atomic E-state index is -1.00. The molecule has 1 aliphatic heterocycles. The molecule has 0 saturated heterocycles. The van der Waals surface area contributed by atoms with Crippen molar-refractivity contribution in [2.24, 2.45) is 15.2 Å². The van der Waals surface area contributed by atoms with Gasteiger partial charge >= 0.3 is 5.97 Å². The molecule has 0 aliphatic carbocycles. The summed E-state index contributed by atoms with van der Waals surface area (Å²) in [6, 6.07) is 4.77. The Morgan fingerprint density at radius 3 is 2.68 bits per heavy atom. The molecule has 1 aliphatic rings. The Bertz CT molecular complexity index is 761. The SMILES string of the molecule is Cc1ccc(NC(=O)CSC2=NC(=O)C(CCC(=O)O)N=N2)cc1C. The van der Waals surface area contributed by atoms with E-state index in [4.69, 9.17) is 5.11 Å². The summed E-state index contributed by atoms with van der Waals surface area (Å²) >= 11 is 1.00. The summed E-state index contributed by atoms with van der Waals surface area (Å²) in [5.41, 5.74) is 2.92. The van der Waals surface area contributed by atoms with E-state index in [2.05, 4.69) is 20.5 Å². The first-order valence-electron chi connectivity index (χ1n) is 7.60. The number of aliphatic imine (C=N–C) groups is 1. The van der Waals surface area contributed by atoms with Gasteiger partial charge in [0.2, 0.25) is 11.1 Å². The lowest BCUT2D eigenvalue weighted by molar-refractivity contribution is -0.137. The molecule has 132 valence electrons. The van der Waals surface area contributed by atoms with Crippen molar-refractivity contribution in [3.8, 4) is 0 Å². The van der Waals surface area contributed by atoms with Crippen LogP contribution in [0, 0.1) is 13.8 Å². The first-order chi connectivity index (χ1) is 11.8. The van der Waals surface area contributed by atoms with Gasteiger partial charge in [0.25, 0.3) is 5.91 Å². The summed E-state index contributed by atoms with van der Waals surface area (Å²) in [6.45, 7) is 3.95. The fraction of sp³-hybridized carbons (Fsp3) is 0.375. The van der Waals surface area contributed by atoms with Gasteiger partial charge in [0.1, 0.15) is 0 Å². The van der Waals surface area contributed by atoms with Crippen LogP contribution >= 0.6 is 11.8 Å². The second-order valence-electron chi connectivity index (χ2n) is 5.53. The Morgan fingerprint density at radius 1 is 1.28 bits per heavy atom. The third kappa shape index (κ3) is 5.79. The number of nitrogens with zero attached hydrogens (tertiary/aromatic N) is 3. The number of rotatable bonds is 6. The van der Waals surface area contributed by atoms with E-state index in [1.54, 1.807) is 0 Å². The normalized spacial score (nSPS) is 16.5. The van der Waals surface area contributed by atoms with Crippen LogP contribution in [0.4, 0.5) is 5.69 Å². The van der Waals surface area contributed by atoms with Crippen LogP contribution in [0.5, 0.6) is 0 Å². The fourth-order valence-electron chi connectivity index (χ4n) is 2.01. The van der Waals surface area contributed by atoms with E-state index in [-0.39, 0.29) is 29.7 Å². The molecule has 0 saturated carbocycles. The number of benzene rings is 1. The zero-order valence-electron chi connectivity index (χ0n) is 13.9. The Kier molecular flexibility index (Phi) is 6.40. The Morgan fingerprint density at radius 2 is 2.04 bits per heavy atom. The van der Waals surface area contributed by atoms with Gasteiger partial charge in [0.05, 0.1) is 5.75 Å². The number of aryl methyl sites for hydroxylation is 2. The van der Waals surface area contributed by atoms with Crippen molar-refractivity contribution in [2.45, 2.75) is 32.7 Å². The first-order valence-corrected chi connectivity index (χ1v) is 8.59. The van der Waals surface area contributed by atoms with Crippen LogP contribution in [0.25, 0.3) is 0 Å². The van der Waals surface area contributed by atoms with E-state index in [1.165, 1.54) is 0 Å². The number of anilines is 1. The maximum Gasteiger partial charge on any atom is 0.303 e. The molecule has 2 amide bonds. The van der Waals surface area contributed by atoms with Crippen LogP contribution in [-0.4, -0.2) is 39.9 Å². The van der Waals surface area contributed by atoms with Crippen molar-refractivity contribution in [1.82, 2.24) is 0 Å². The zero-order valence-corrected chi connectivity index (χ0v) is 14.7. The molecular formula is C16H18N4O4S. The molecule has 2 N–H and O–H groups in total. The number of nitrogens with one attached hydrogen (secondary N) is 1. The van der Waals surface area contributed by atoms with Crippen LogP contribution < -0.4 is 5.32 Å². The van der Waals surface area contributed by atoms with Gasteiger partial charge in [-0.25, -0.2) is 0 Å². The Balaban J connectivity index is 1.83. The molecule has 1 unspecified atom stereocenters. The third-order valence-electron chi connectivity index (χ3n) is 3.53. The van der Waals surface area contributed by atoms with E-state index in [0.29, 0.717) is 5.69 Å². The van der Waals surface area contributed by atoms with Gasteiger partial charge in [-0.15, -0.1) is 5.11 Å². The standard InChI is InChI=1S/C16H18N4O4S/c1-9-3-4-11(7-10(9)2)17-13(21)8-25-16-18-15(24)12(19-20-16)5-6-14(22)23/h3-4,7,12H,5-6,8H2,1-2H3,(H,17,21)(H,22,23). The van der Waals surface area contributed by atoms with E-state index < -0.39 is 17.9 Å². The van der Waals surface area contributed by atoms with Gasteiger partial charge in [-0.05, 0) is 43.5 Å². The fourth-order valence-corrected chi connectivity index (χ4v) is 2.60. The number of carbonyl (C=O) groups is 3. The smallest absolute Gasteiger partial charge is 0.303 e. The number of carboxylic acids is 1. The lowest BCUT2D eigenvalue weighted by Crippen LogP contribution is -2.22. The largest absolute Gasteiger partial charge is 0.481 e. The van der Waals surface area contributed by atoms with Gasteiger partial charge < -0.3 is 10.4 Å². The van der Waals surface area contributed by atoms with E-state index in [0.717, 1.165) is 22.9 Å². The van der Waals surface area contributed by atoms with Crippen molar-refractivity contribution >= 4 is 40.4 Å². The highest BCUT2D eigenvalue weighted by Crippen LogP contribution is 2.18. The van der Waals surface area contributed by atoms with Crippen LogP contribution in [0.1, 0.15) is 24.0 Å². The molecule has 1 atom stereocenters. The van der Waals surface area contributed by atoms with Crippen LogP contribution in [-0.2, 0) is 14.4 Å². The lowest BCUT2D eigenvalue weighted by atomic mass is 10.1. The highest BCUT2D eigenvalue weighted by Gasteiger charge is 2.23. The molecule has 8 nitrogen and oxygen atoms in total. The van der Waals surface area contributed by atoms with Crippen molar-refractivity contribution in [2.75, 3.05) is 11.1 Å². The minimum Gasteiger partial charge on any atom is -0.481 e. The first kappa shape index (κ1) is 18.8. The number of hydrogen-bond donors (Lipinski definition) is 2. The summed E-state index contributed by atoms with van der Waals surface area (Å²) in [5, 5.41) is 19.0. The second kappa shape index (κ2) is 8.52. The van der Waals surface area contributed by atoms with Gasteiger partial charge in [-0.1, -0.05) is 17.8 Å². The van der Waals surface area contributed by atoms with Crippen molar-refractivity contribution in [1.29, 1.82) is 0 Å². The van der Waals surface area contributed by atoms with Gasteiger partial charge in [0.15, 0.2) is 6.04 Å². The van der Waals surface area contributed by atoms with E-state index >= 15 is 0 Å². The summed E-state index contributed by atoms with van der Waals surface area (Å²) in [6.07, 6.45) is -0.113. The molecule has 2 rings (SSSR count). The number of amidine groups is 1. The molecule has 0 radical (unpaired) electrons. The molecule has 1 heterocycles. The summed E-state index contributed by atoms with van der Waals surface area (Å²) in [5.74, 6) is -1.74. The Hall–Kier alpha value is -2.55. The maximum absolute atomic E-state index is 12.0. The van der Waals surface area contributed by atoms with Crippen LogP contribution in [0.15, 0.2) is 33.4 Å². The maximum atomic E-state index is 12.0. The molecule has 0 bridgehead atoms. The van der Waals surface area contributed by atoms with E-state index in [1.807, 2.05) is 32.0 Å². The third-order valence-corrected chi connectivity index (χ3v) is 4.37. The zero-order chi connectivity index (χ0) is 18.4. The van der Waals surface area contributed by atoms with Crippen molar-refractivity contribution < 1.29 is 19.5 Å². The molecule has 0 spiro atoms. The molecule has 1 aromatic carbocycles. The van der Waals surface area contributed by atoms with E-state index in [9.17, 15) is 14.4 Å². The number of azo groups is 1. The van der Waals surface area contributed by atoms with Gasteiger partial charge in [0, 0.05) is 12.1 Å². The topological polar surface area (TPSA) is 121 Å². The average molecular weight is 362 g/mol. The lowest BCUT2D eigenvalue weighted by Gasteiger charge is -2.11. The number of aliphatic carboxylic acids is 1. The highest BCUT2D eigenvalue weighted by atomic mass is 32.2. The highest BCUT2D eigenvalue weighted by molar-refractivity contribution is 8.14. The van der Waals surface area contributed by atoms with Gasteiger partial charge in [-0.2, -0.15) is 10.1 Å². The predicted octanol–water partition coefficient (Wildman–Crippen LogP) is 2.56. The minimum absolute atomic E-state index is 0.0395. The van der Waals surface area contributed by atoms with Crippen LogP contribution in [0.2, 0.25) is 0 Å². The predicted molar refractivity (Wildman–Crippen MR) is 95.0 cm³/mol. The second-order valence-corrected chi connectivity index (χ2v) is 6.47. The molecule has 0 aromatic heterocycles. The number of thioether (sulfide) groups is 1. The van der Waals surface area contributed by atoms with Crippen molar-refractivity contribution in [3.05, 3.63) is 29.3 Å². The summed E-state index contributed by atoms with van der Waals surface area (Å²) < 4.78 is 0. The molecule has 0 fully saturated rings. The average Bonchev–Trinajstić information content (AvgIpc) is 2.55. The quantitative estimate of drug-likeness (QED) is 0.805. The molecule has 1 aromatic rings. The number of carboxylic acid groups (broad SMARTS) is 1. The van der Waals surface area contributed by atoms with Gasteiger partial charge in [-0.3, -0.25) is 14.4 Å². The van der Waals surface area contributed by atoms with Crippen LogP contribution in [0.3, 0.4) is 0 Å². The number of hydrogen-bond acceptors (Lipinski definition) is 6. The summed E-state index contributed by atoms with van der Waals surface area (Å²) in [4.78, 5) is 38.0. The number of amides is 2.